The van der Waals surface area contributed by atoms with Crippen LogP contribution >= 0.6 is 0 Å². The molecule has 18 heavy (non-hydrogen) atoms. The topological polar surface area (TPSA) is 75.6 Å². The second kappa shape index (κ2) is 4.88. The first-order valence-electron chi connectivity index (χ1n) is 6.48. The van der Waals surface area contributed by atoms with Crippen molar-refractivity contribution in [3.63, 3.8) is 0 Å². The Labute approximate surface area is 107 Å². The van der Waals surface area contributed by atoms with Crippen LogP contribution in [-0.4, -0.2) is 36.2 Å². The normalized spacial score (nSPS) is 29.4. The van der Waals surface area contributed by atoms with Gasteiger partial charge in [0.05, 0.1) is 18.6 Å². The van der Waals surface area contributed by atoms with Crippen molar-refractivity contribution in [2.75, 3.05) is 13.7 Å². The molecule has 0 radical (unpaired) electrons. The van der Waals surface area contributed by atoms with E-state index in [0.717, 1.165) is 12.3 Å². The highest BCUT2D eigenvalue weighted by atomic mass is 16.5. The number of ether oxygens (including phenoxy) is 1. The Kier molecular flexibility index (Phi) is 3.61. The summed E-state index contributed by atoms with van der Waals surface area (Å²) in [6.45, 7) is 1.93. The van der Waals surface area contributed by atoms with Gasteiger partial charge < -0.3 is 15.2 Å². The fourth-order valence-corrected chi connectivity index (χ4v) is 2.74. The molecule has 0 bridgehead atoms. The molecule has 0 aromatic heterocycles. The summed E-state index contributed by atoms with van der Waals surface area (Å²) in [6, 6.07) is 0. The summed E-state index contributed by atoms with van der Waals surface area (Å²) in [4.78, 5) is 22.9. The molecule has 1 amide bonds. The monoisotopic (exact) mass is 255 g/mol. The van der Waals surface area contributed by atoms with Crippen molar-refractivity contribution >= 4 is 11.9 Å². The maximum absolute atomic E-state index is 12.1. The molecule has 2 aliphatic carbocycles. The van der Waals surface area contributed by atoms with Gasteiger partial charge in [0, 0.05) is 13.0 Å². The lowest BCUT2D eigenvalue weighted by Gasteiger charge is -2.28. The number of carboxylic acids is 1. The molecule has 0 aromatic carbocycles. The van der Waals surface area contributed by atoms with Gasteiger partial charge in [0.1, 0.15) is 0 Å². The molecule has 5 heteroatoms. The molecule has 0 heterocycles. The van der Waals surface area contributed by atoms with Crippen LogP contribution in [0.2, 0.25) is 0 Å². The highest BCUT2D eigenvalue weighted by Crippen LogP contribution is 2.54. The average Bonchev–Trinajstić information content (AvgIpc) is 3.10. The second-order valence-electron chi connectivity index (χ2n) is 5.90. The number of nitrogens with one attached hydrogen (secondary N) is 1. The van der Waals surface area contributed by atoms with Crippen LogP contribution in [0, 0.1) is 17.8 Å². The lowest BCUT2D eigenvalue weighted by Crippen LogP contribution is -2.51. The van der Waals surface area contributed by atoms with Gasteiger partial charge in [-0.3, -0.25) is 9.59 Å². The summed E-state index contributed by atoms with van der Waals surface area (Å²) >= 11 is 0. The minimum atomic E-state index is -0.926. The number of aliphatic carboxylic acids is 1. The fourth-order valence-electron chi connectivity index (χ4n) is 2.74. The van der Waals surface area contributed by atoms with Crippen molar-refractivity contribution in [1.82, 2.24) is 5.32 Å². The molecule has 102 valence electrons. The molecule has 0 unspecified atom stereocenters. The molecule has 0 spiro atoms. The molecule has 0 aromatic rings. The average molecular weight is 255 g/mol. The Hall–Kier alpha value is -1.10. The highest BCUT2D eigenvalue weighted by molar-refractivity contribution is 5.83. The first-order chi connectivity index (χ1) is 8.45. The van der Waals surface area contributed by atoms with E-state index in [1.807, 2.05) is 0 Å². The Morgan fingerprint density at radius 2 is 2.11 bits per heavy atom. The van der Waals surface area contributed by atoms with E-state index in [2.05, 4.69) is 5.32 Å². The number of carbonyl (C=O) groups excluding carboxylic acids is 1. The van der Waals surface area contributed by atoms with E-state index >= 15 is 0 Å². The van der Waals surface area contributed by atoms with Crippen LogP contribution in [-0.2, 0) is 14.3 Å². The fraction of sp³-hybridized carbons (Fsp3) is 0.846. The molecule has 2 N–H and O–H groups in total. The standard InChI is InChI=1S/C13H21NO4/c1-13(7-18-2,6-11(15)16)14-12(17)10-5-9(10)8-3-4-8/h8-10H,3-7H2,1-2H3,(H,14,17)(H,15,16)/t9-,10-,13-/m0/s1. The highest BCUT2D eigenvalue weighted by Gasteiger charge is 2.52. The zero-order chi connectivity index (χ0) is 13.3. The van der Waals surface area contributed by atoms with Gasteiger partial charge in [-0.2, -0.15) is 0 Å². The Bertz CT molecular complexity index is 353. The number of amides is 1. The lowest BCUT2D eigenvalue weighted by atomic mass is 9.98. The predicted octanol–water partition coefficient (Wildman–Crippen LogP) is 1.03. The van der Waals surface area contributed by atoms with Crippen LogP contribution < -0.4 is 5.32 Å². The van der Waals surface area contributed by atoms with Crippen molar-refractivity contribution in [3.05, 3.63) is 0 Å². The van der Waals surface area contributed by atoms with Gasteiger partial charge in [-0.25, -0.2) is 0 Å². The molecule has 2 saturated carbocycles. The number of hydrogen-bond donors (Lipinski definition) is 2. The molecule has 0 saturated heterocycles. The lowest BCUT2D eigenvalue weighted by molar-refractivity contribution is -0.139. The van der Waals surface area contributed by atoms with Gasteiger partial charge >= 0.3 is 5.97 Å². The molecule has 2 rings (SSSR count). The van der Waals surface area contributed by atoms with E-state index in [1.54, 1.807) is 6.92 Å². The Balaban J connectivity index is 1.87. The SMILES string of the molecule is COC[C@](C)(CC(=O)O)NC(=O)[C@H]1C[C@H]1C1CC1. The van der Waals surface area contributed by atoms with Gasteiger partial charge in [0.25, 0.3) is 0 Å². The molecular weight excluding hydrogens is 234 g/mol. The van der Waals surface area contributed by atoms with Gasteiger partial charge in [-0.15, -0.1) is 0 Å². The zero-order valence-corrected chi connectivity index (χ0v) is 10.9. The minimum absolute atomic E-state index is 0.00676. The number of hydrogen-bond acceptors (Lipinski definition) is 3. The number of methoxy groups -OCH3 is 1. The van der Waals surface area contributed by atoms with Gasteiger partial charge in [0.15, 0.2) is 0 Å². The Morgan fingerprint density at radius 1 is 1.44 bits per heavy atom. The maximum atomic E-state index is 12.1. The van der Waals surface area contributed by atoms with E-state index in [1.165, 1.54) is 20.0 Å². The van der Waals surface area contributed by atoms with Crippen LogP contribution in [0.4, 0.5) is 0 Å². The summed E-state index contributed by atoms with van der Waals surface area (Å²) < 4.78 is 5.02. The molecule has 3 atom stereocenters. The van der Waals surface area contributed by atoms with Crippen LogP contribution in [0.1, 0.15) is 32.6 Å². The number of carbonyl (C=O) groups is 2. The summed E-state index contributed by atoms with van der Waals surface area (Å²) in [6.07, 6.45) is 3.35. The zero-order valence-electron chi connectivity index (χ0n) is 10.9. The largest absolute Gasteiger partial charge is 0.481 e. The first-order valence-corrected chi connectivity index (χ1v) is 6.48. The van der Waals surface area contributed by atoms with Crippen LogP contribution in [0.3, 0.4) is 0 Å². The van der Waals surface area contributed by atoms with E-state index in [0.29, 0.717) is 5.92 Å². The molecule has 2 fully saturated rings. The van der Waals surface area contributed by atoms with Crippen LogP contribution in [0.5, 0.6) is 0 Å². The summed E-state index contributed by atoms with van der Waals surface area (Å²) in [5.74, 6) is 0.454. The third-order valence-corrected chi connectivity index (χ3v) is 3.83. The summed E-state index contributed by atoms with van der Waals surface area (Å²) in [7, 11) is 1.51. The predicted molar refractivity (Wildman–Crippen MR) is 65.0 cm³/mol. The van der Waals surface area contributed by atoms with E-state index in [-0.39, 0.29) is 24.9 Å². The summed E-state index contributed by atoms with van der Waals surface area (Å²) in [5.41, 5.74) is -0.811. The van der Waals surface area contributed by atoms with E-state index < -0.39 is 11.5 Å². The smallest absolute Gasteiger partial charge is 0.305 e. The van der Waals surface area contributed by atoms with Gasteiger partial charge in [-0.1, -0.05) is 0 Å². The van der Waals surface area contributed by atoms with Crippen LogP contribution in [0.25, 0.3) is 0 Å². The van der Waals surface area contributed by atoms with Crippen molar-refractivity contribution in [3.8, 4) is 0 Å². The number of carboxylic acid groups (broad SMARTS) is 1. The molecule has 5 nitrogen and oxygen atoms in total. The third kappa shape index (κ3) is 3.22. The van der Waals surface area contributed by atoms with Crippen molar-refractivity contribution < 1.29 is 19.4 Å². The first kappa shape index (κ1) is 13.3. The van der Waals surface area contributed by atoms with Crippen molar-refractivity contribution in [2.45, 2.75) is 38.1 Å². The van der Waals surface area contributed by atoms with Gasteiger partial charge in [-0.05, 0) is 38.0 Å². The quantitative estimate of drug-likeness (QED) is 0.712. The third-order valence-electron chi connectivity index (χ3n) is 3.83. The van der Waals surface area contributed by atoms with Crippen molar-refractivity contribution in [2.24, 2.45) is 17.8 Å². The maximum Gasteiger partial charge on any atom is 0.305 e. The van der Waals surface area contributed by atoms with Crippen molar-refractivity contribution in [1.29, 1.82) is 0 Å². The summed E-state index contributed by atoms with van der Waals surface area (Å²) in [5, 5.41) is 11.7. The van der Waals surface area contributed by atoms with Gasteiger partial charge in [0.2, 0.25) is 5.91 Å². The minimum Gasteiger partial charge on any atom is -0.481 e. The number of rotatable bonds is 7. The molecule has 0 aliphatic heterocycles. The van der Waals surface area contributed by atoms with Crippen LogP contribution in [0.15, 0.2) is 0 Å². The van der Waals surface area contributed by atoms with E-state index in [9.17, 15) is 9.59 Å². The van der Waals surface area contributed by atoms with E-state index in [4.69, 9.17) is 9.84 Å². The molecular formula is C13H21NO4. The Morgan fingerprint density at radius 3 is 2.61 bits per heavy atom. The second-order valence-corrected chi connectivity index (χ2v) is 5.90. The molecule has 2 aliphatic rings.